The maximum atomic E-state index is 13.9. The molecule has 0 spiro atoms. The molecule has 1 amide bonds. The molecule has 4 rings (SSSR count). The van der Waals surface area contributed by atoms with Gasteiger partial charge in [0, 0.05) is 24.7 Å². The molecule has 1 aromatic carbocycles. The van der Waals surface area contributed by atoms with E-state index in [2.05, 4.69) is 4.98 Å². The van der Waals surface area contributed by atoms with Gasteiger partial charge in [0.15, 0.2) is 0 Å². The Hall–Kier alpha value is -2.50. The van der Waals surface area contributed by atoms with Crippen LogP contribution in [-0.4, -0.2) is 40.0 Å². The number of rotatable bonds is 3. The second-order valence-corrected chi connectivity index (χ2v) is 6.68. The van der Waals surface area contributed by atoms with E-state index < -0.39 is 17.7 Å². The van der Waals surface area contributed by atoms with Crippen molar-refractivity contribution in [2.24, 2.45) is 17.8 Å². The minimum absolute atomic E-state index is 0.000711. The number of benzene rings is 1. The molecular weight excluding hydrogens is 311 g/mol. The van der Waals surface area contributed by atoms with Crippen LogP contribution in [-0.2, 0) is 4.79 Å². The average molecular weight is 328 g/mol. The molecule has 2 aromatic rings. The fourth-order valence-electron chi connectivity index (χ4n) is 3.75. The molecule has 1 N–H and O–H groups in total. The molecule has 2 heterocycles. The van der Waals surface area contributed by atoms with Crippen molar-refractivity contribution in [3.05, 3.63) is 41.8 Å². The molecule has 24 heavy (non-hydrogen) atoms. The first kappa shape index (κ1) is 15.1. The first-order valence-electron chi connectivity index (χ1n) is 8.11. The van der Waals surface area contributed by atoms with Crippen LogP contribution in [0.25, 0.3) is 10.9 Å². The van der Waals surface area contributed by atoms with Crippen LogP contribution >= 0.6 is 0 Å². The van der Waals surface area contributed by atoms with Gasteiger partial charge < -0.3 is 10.0 Å². The molecule has 1 aliphatic carbocycles. The van der Waals surface area contributed by atoms with E-state index in [0.717, 1.165) is 12.8 Å². The van der Waals surface area contributed by atoms with Crippen molar-refractivity contribution >= 4 is 22.8 Å². The van der Waals surface area contributed by atoms with Gasteiger partial charge in [0.1, 0.15) is 5.82 Å². The van der Waals surface area contributed by atoms with Crippen LogP contribution in [0.5, 0.6) is 0 Å². The van der Waals surface area contributed by atoms with Crippen LogP contribution in [0.15, 0.2) is 30.5 Å². The molecule has 0 bridgehead atoms. The molecule has 124 valence electrons. The number of carbonyl (C=O) groups is 2. The summed E-state index contributed by atoms with van der Waals surface area (Å²) in [5.74, 6) is -1.83. The number of hydrogen-bond acceptors (Lipinski definition) is 3. The van der Waals surface area contributed by atoms with Crippen LogP contribution < -0.4 is 0 Å². The van der Waals surface area contributed by atoms with Gasteiger partial charge in [0.2, 0.25) is 0 Å². The fourth-order valence-corrected chi connectivity index (χ4v) is 3.75. The Morgan fingerprint density at radius 1 is 1.25 bits per heavy atom. The molecule has 2 fully saturated rings. The van der Waals surface area contributed by atoms with E-state index in [-0.39, 0.29) is 23.9 Å². The summed E-state index contributed by atoms with van der Waals surface area (Å²) < 4.78 is 13.9. The molecule has 0 radical (unpaired) electrons. The molecule has 0 unspecified atom stereocenters. The van der Waals surface area contributed by atoms with Gasteiger partial charge in [-0.1, -0.05) is 6.07 Å². The molecule has 5 nitrogen and oxygen atoms in total. The van der Waals surface area contributed by atoms with Gasteiger partial charge in [-0.2, -0.15) is 0 Å². The van der Waals surface area contributed by atoms with Gasteiger partial charge in [-0.25, -0.2) is 4.39 Å². The molecule has 2 atom stereocenters. The zero-order valence-electron chi connectivity index (χ0n) is 13.0. The maximum absolute atomic E-state index is 13.9. The number of nitrogens with zero attached hydrogens (tertiary/aromatic N) is 2. The highest BCUT2D eigenvalue weighted by Gasteiger charge is 2.47. The van der Waals surface area contributed by atoms with Crippen molar-refractivity contribution in [1.82, 2.24) is 9.88 Å². The lowest BCUT2D eigenvalue weighted by Crippen LogP contribution is -2.30. The minimum Gasteiger partial charge on any atom is -0.481 e. The Bertz CT molecular complexity index is 834. The van der Waals surface area contributed by atoms with Gasteiger partial charge >= 0.3 is 5.97 Å². The summed E-state index contributed by atoms with van der Waals surface area (Å²) in [7, 11) is 0. The molecule has 2 aliphatic rings. The predicted octanol–water partition coefficient (Wildman–Crippen LogP) is 2.56. The second kappa shape index (κ2) is 5.54. The molecule has 1 saturated carbocycles. The second-order valence-electron chi connectivity index (χ2n) is 6.68. The summed E-state index contributed by atoms with van der Waals surface area (Å²) in [5, 5.41) is 10.00. The van der Waals surface area contributed by atoms with Crippen LogP contribution in [0.2, 0.25) is 0 Å². The summed E-state index contributed by atoms with van der Waals surface area (Å²) in [6.45, 7) is 0.603. The highest BCUT2D eigenvalue weighted by Crippen LogP contribution is 2.44. The lowest BCUT2D eigenvalue weighted by Gasteiger charge is -2.17. The van der Waals surface area contributed by atoms with E-state index in [4.69, 9.17) is 0 Å². The Morgan fingerprint density at radius 2 is 2.04 bits per heavy atom. The lowest BCUT2D eigenvalue weighted by atomic mass is 9.92. The quantitative estimate of drug-likeness (QED) is 0.940. The number of aromatic nitrogens is 1. The highest BCUT2D eigenvalue weighted by molar-refractivity contribution is 6.05. The zero-order chi connectivity index (χ0) is 16.8. The van der Waals surface area contributed by atoms with E-state index in [9.17, 15) is 19.1 Å². The van der Waals surface area contributed by atoms with Crippen LogP contribution in [0.4, 0.5) is 4.39 Å². The van der Waals surface area contributed by atoms with Gasteiger partial charge in [-0.3, -0.25) is 14.6 Å². The Labute approximate surface area is 138 Å². The van der Waals surface area contributed by atoms with Crippen molar-refractivity contribution < 1.29 is 19.1 Å². The Morgan fingerprint density at radius 3 is 2.75 bits per heavy atom. The van der Waals surface area contributed by atoms with Crippen LogP contribution in [0.1, 0.15) is 23.2 Å². The minimum atomic E-state index is -0.857. The SMILES string of the molecule is O=C(O)[C@H]1CN(C(=O)c2cc(F)cc3cccnc23)C[C@@H]1C1CC1. The number of carboxylic acids is 1. The number of fused-ring (bicyclic) bond motifs is 1. The third-order valence-corrected chi connectivity index (χ3v) is 5.10. The maximum Gasteiger partial charge on any atom is 0.308 e. The summed E-state index contributed by atoms with van der Waals surface area (Å²) in [6.07, 6.45) is 3.62. The van der Waals surface area contributed by atoms with Gasteiger partial charge in [0.25, 0.3) is 5.91 Å². The number of carboxylic acid groups (broad SMARTS) is 1. The van der Waals surface area contributed by atoms with E-state index in [1.54, 1.807) is 23.2 Å². The van der Waals surface area contributed by atoms with Crippen molar-refractivity contribution in [2.75, 3.05) is 13.1 Å². The third kappa shape index (κ3) is 2.52. The summed E-state index contributed by atoms with van der Waals surface area (Å²) in [4.78, 5) is 30.2. The standard InChI is InChI=1S/C18H17FN2O3/c19-12-6-11-2-1-5-20-16(11)13(7-12)17(22)21-8-14(10-3-4-10)15(9-21)18(23)24/h1-2,5-7,10,14-15H,3-4,8-9H2,(H,23,24)/t14-,15+/m1/s1. The third-order valence-electron chi connectivity index (χ3n) is 5.10. The van der Waals surface area contributed by atoms with E-state index in [1.165, 1.54) is 12.1 Å². The number of amides is 1. The largest absolute Gasteiger partial charge is 0.481 e. The van der Waals surface area contributed by atoms with E-state index >= 15 is 0 Å². The number of aliphatic carboxylic acids is 1. The van der Waals surface area contributed by atoms with Crippen molar-refractivity contribution in [2.45, 2.75) is 12.8 Å². The van der Waals surface area contributed by atoms with Crippen LogP contribution in [0, 0.1) is 23.6 Å². The average Bonchev–Trinajstić information content (AvgIpc) is 3.31. The Balaban J connectivity index is 1.68. The van der Waals surface area contributed by atoms with E-state index in [1.807, 2.05) is 0 Å². The smallest absolute Gasteiger partial charge is 0.308 e. The topological polar surface area (TPSA) is 70.5 Å². The van der Waals surface area contributed by atoms with E-state index in [0.29, 0.717) is 23.4 Å². The highest BCUT2D eigenvalue weighted by atomic mass is 19.1. The fraction of sp³-hybridized carbons (Fsp3) is 0.389. The summed E-state index contributed by atoms with van der Waals surface area (Å²) in [5.41, 5.74) is 0.650. The van der Waals surface area contributed by atoms with Crippen molar-refractivity contribution in [1.29, 1.82) is 0 Å². The monoisotopic (exact) mass is 328 g/mol. The number of hydrogen-bond donors (Lipinski definition) is 1. The molecule has 1 aromatic heterocycles. The lowest BCUT2D eigenvalue weighted by molar-refractivity contribution is -0.142. The van der Waals surface area contributed by atoms with Crippen molar-refractivity contribution in [3.8, 4) is 0 Å². The number of pyridine rings is 1. The Kier molecular flexibility index (Phi) is 3.48. The van der Waals surface area contributed by atoms with Crippen LogP contribution in [0.3, 0.4) is 0 Å². The van der Waals surface area contributed by atoms with Gasteiger partial charge in [-0.05, 0) is 42.9 Å². The summed E-state index contributed by atoms with van der Waals surface area (Å²) in [6, 6.07) is 5.93. The number of halogens is 1. The molecule has 6 heteroatoms. The molecular formula is C18H17FN2O3. The molecule has 1 saturated heterocycles. The van der Waals surface area contributed by atoms with Gasteiger partial charge in [-0.15, -0.1) is 0 Å². The van der Waals surface area contributed by atoms with Crippen molar-refractivity contribution in [3.63, 3.8) is 0 Å². The summed E-state index contributed by atoms with van der Waals surface area (Å²) >= 11 is 0. The molecule has 1 aliphatic heterocycles. The van der Waals surface area contributed by atoms with Gasteiger partial charge in [0.05, 0.1) is 17.0 Å². The number of carbonyl (C=O) groups excluding carboxylic acids is 1. The first-order valence-corrected chi connectivity index (χ1v) is 8.11. The normalized spacial score (nSPS) is 23.6. The first-order chi connectivity index (χ1) is 11.5. The number of likely N-dealkylation sites (tertiary alicyclic amines) is 1. The predicted molar refractivity (Wildman–Crippen MR) is 84.9 cm³/mol. The zero-order valence-corrected chi connectivity index (χ0v) is 13.0.